The molecule has 0 fully saturated rings. The first-order valence-electron chi connectivity index (χ1n) is 8.82. The number of hydrogen-bond donors (Lipinski definition) is 1. The molecule has 0 saturated carbocycles. The summed E-state index contributed by atoms with van der Waals surface area (Å²) in [5, 5.41) is 18.7. The molecular formula is C23H23N3O. The van der Waals surface area contributed by atoms with E-state index in [0.717, 1.165) is 28.2 Å². The van der Waals surface area contributed by atoms with Crippen molar-refractivity contribution >= 4 is 23.1 Å². The molecule has 0 aromatic heterocycles. The summed E-state index contributed by atoms with van der Waals surface area (Å²) in [6.07, 6.45) is 3.06. The molecule has 4 nitrogen and oxygen atoms in total. The van der Waals surface area contributed by atoms with E-state index in [1.807, 2.05) is 104 Å². The number of hydrogen-bond acceptors (Lipinski definition) is 4. The summed E-state index contributed by atoms with van der Waals surface area (Å²) in [7, 11) is 4.01. The molecular weight excluding hydrogens is 334 g/mol. The van der Waals surface area contributed by atoms with E-state index < -0.39 is 6.10 Å². The monoisotopic (exact) mass is 357 g/mol. The van der Waals surface area contributed by atoms with Crippen LogP contribution in [0, 0.1) is 0 Å². The zero-order chi connectivity index (χ0) is 19.1. The number of aliphatic hydroxyl groups excluding tert-OH is 1. The van der Waals surface area contributed by atoms with E-state index in [-0.39, 0.29) is 0 Å². The minimum absolute atomic E-state index is 0.615. The highest BCUT2D eigenvalue weighted by molar-refractivity contribution is 5.55. The molecule has 27 heavy (non-hydrogen) atoms. The molecule has 0 bridgehead atoms. The lowest BCUT2D eigenvalue weighted by Gasteiger charge is -2.11. The Labute approximate surface area is 160 Å². The van der Waals surface area contributed by atoms with Gasteiger partial charge in [-0.3, -0.25) is 0 Å². The molecule has 0 saturated heterocycles. The number of azo groups is 1. The van der Waals surface area contributed by atoms with Gasteiger partial charge in [-0.25, -0.2) is 0 Å². The lowest BCUT2D eigenvalue weighted by atomic mass is 10.1. The van der Waals surface area contributed by atoms with Crippen LogP contribution in [0.5, 0.6) is 0 Å². The number of benzene rings is 3. The fraction of sp³-hybridized carbons (Fsp3) is 0.130. The Hall–Kier alpha value is -3.24. The first kappa shape index (κ1) is 18.5. The summed E-state index contributed by atoms with van der Waals surface area (Å²) >= 11 is 0. The van der Waals surface area contributed by atoms with Gasteiger partial charge in [0, 0.05) is 19.8 Å². The Bertz CT molecular complexity index is 899. The van der Waals surface area contributed by atoms with Gasteiger partial charge in [-0.05, 0) is 47.5 Å². The van der Waals surface area contributed by atoms with Gasteiger partial charge in [0.05, 0.1) is 17.5 Å². The van der Waals surface area contributed by atoms with Crippen LogP contribution in [0.4, 0.5) is 17.1 Å². The summed E-state index contributed by atoms with van der Waals surface area (Å²) < 4.78 is 0. The van der Waals surface area contributed by atoms with Crippen molar-refractivity contribution in [3.63, 3.8) is 0 Å². The Balaban J connectivity index is 1.62. The van der Waals surface area contributed by atoms with Crippen LogP contribution in [0.2, 0.25) is 0 Å². The van der Waals surface area contributed by atoms with Gasteiger partial charge in [0.2, 0.25) is 0 Å². The lowest BCUT2D eigenvalue weighted by molar-refractivity contribution is 0.229. The summed E-state index contributed by atoms with van der Waals surface area (Å²) in [5.41, 5.74) is 4.60. The molecule has 0 aliphatic rings. The minimum Gasteiger partial charge on any atom is -0.384 e. The molecule has 0 amide bonds. The minimum atomic E-state index is -0.615. The molecule has 1 atom stereocenters. The van der Waals surface area contributed by atoms with Crippen LogP contribution in [0.1, 0.15) is 17.2 Å². The fourth-order valence-corrected chi connectivity index (χ4v) is 2.55. The second-order valence-electron chi connectivity index (χ2n) is 6.42. The average Bonchev–Trinajstić information content (AvgIpc) is 2.72. The van der Waals surface area contributed by atoms with Crippen LogP contribution in [0.15, 0.2) is 95.2 Å². The molecule has 3 rings (SSSR count). The summed E-state index contributed by atoms with van der Waals surface area (Å²) in [6.45, 7) is 0. The van der Waals surface area contributed by atoms with E-state index in [9.17, 15) is 5.11 Å². The van der Waals surface area contributed by atoms with E-state index in [1.165, 1.54) is 0 Å². The van der Waals surface area contributed by atoms with Crippen LogP contribution in [0.25, 0.3) is 6.08 Å². The third kappa shape index (κ3) is 5.36. The normalized spacial score (nSPS) is 12.6. The highest BCUT2D eigenvalue weighted by Crippen LogP contribution is 2.22. The van der Waals surface area contributed by atoms with Crippen molar-refractivity contribution in [3.8, 4) is 0 Å². The van der Waals surface area contributed by atoms with Crippen molar-refractivity contribution < 1.29 is 5.11 Å². The van der Waals surface area contributed by atoms with Crippen LogP contribution in [-0.4, -0.2) is 19.2 Å². The predicted octanol–water partition coefficient (Wildman–Crippen LogP) is 5.91. The van der Waals surface area contributed by atoms with E-state index in [2.05, 4.69) is 10.2 Å². The standard InChI is InChI=1S/C23H23N3O/c1-26(2)22-15-13-21(14-16-22)25-24-20-11-8-18(9-12-20)10-17-23(27)19-6-4-3-5-7-19/h3-17,23,27H,1-2H3/b17-10+,25-24+. The fourth-order valence-electron chi connectivity index (χ4n) is 2.55. The molecule has 1 unspecified atom stereocenters. The Kier molecular flexibility index (Phi) is 6.13. The Morgan fingerprint density at radius 1 is 0.778 bits per heavy atom. The molecule has 1 N–H and O–H groups in total. The molecule has 3 aromatic rings. The maximum atomic E-state index is 10.2. The zero-order valence-electron chi connectivity index (χ0n) is 15.5. The Morgan fingerprint density at radius 3 is 1.89 bits per heavy atom. The highest BCUT2D eigenvalue weighted by atomic mass is 16.3. The maximum absolute atomic E-state index is 10.2. The first-order chi connectivity index (χ1) is 13.1. The lowest BCUT2D eigenvalue weighted by Crippen LogP contribution is -2.07. The number of anilines is 1. The SMILES string of the molecule is CN(C)c1ccc(/N=N/c2ccc(/C=C/C(O)c3ccccc3)cc2)cc1. The van der Waals surface area contributed by atoms with Gasteiger partial charge in [-0.15, -0.1) is 0 Å². The maximum Gasteiger partial charge on any atom is 0.0975 e. The second-order valence-corrected chi connectivity index (χ2v) is 6.42. The number of nitrogens with zero attached hydrogens (tertiary/aromatic N) is 3. The van der Waals surface area contributed by atoms with E-state index in [0.29, 0.717) is 0 Å². The molecule has 0 radical (unpaired) electrons. The third-order valence-electron chi connectivity index (χ3n) is 4.15. The highest BCUT2D eigenvalue weighted by Gasteiger charge is 2.01. The average molecular weight is 357 g/mol. The van der Waals surface area contributed by atoms with Gasteiger partial charge in [0.25, 0.3) is 0 Å². The molecule has 4 heteroatoms. The van der Waals surface area contributed by atoms with Crippen molar-refractivity contribution in [2.45, 2.75) is 6.10 Å². The van der Waals surface area contributed by atoms with Crippen molar-refractivity contribution in [2.75, 3.05) is 19.0 Å². The molecule has 136 valence electrons. The van der Waals surface area contributed by atoms with Crippen molar-refractivity contribution in [3.05, 3.63) is 96.1 Å². The Morgan fingerprint density at radius 2 is 1.33 bits per heavy atom. The quantitative estimate of drug-likeness (QED) is 0.557. The van der Waals surface area contributed by atoms with Gasteiger partial charge in [0.1, 0.15) is 0 Å². The summed E-state index contributed by atoms with van der Waals surface area (Å²) in [6, 6.07) is 25.2. The number of aliphatic hydroxyl groups is 1. The van der Waals surface area contributed by atoms with Crippen LogP contribution in [-0.2, 0) is 0 Å². The second kappa shape index (κ2) is 8.92. The van der Waals surface area contributed by atoms with E-state index in [4.69, 9.17) is 0 Å². The third-order valence-corrected chi connectivity index (χ3v) is 4.15. The molecule has 0 spiro atoms. The topological polar surface area (TPSA) is 48.2 Å². The largest absolute Gasteiger partial charge is 0.384 e. The van der Waals surface area contributed by atoms with Gasteiger partial charge < -0.3 is 10.0 Å². The predicted molar refractivity (Wildman–Crippen MR) is 112 cm³/mol. The molecule has 0 heterocycles. The van der Waals surface area contributed by atoms with Crippen LogP contribution in [0.3, 0.4) is 0 Å². The zero-order valence-corrected chi connectivity index (χ0v) is 15.5. The van der Waals surface area contributed by atoms with Crippen molar-refractivity contribution in [1.29, 1.82) is 0 Å². The van der Waals surface area contributed by atoms with Crippen LogP contribution < -0.4 is 4.90 Å². The molecule has 0 aliphatic carbocycles. The van der Waals surface area contributed by atoms with Crippen molar-refractivity contribution in [2.24, 2.45) is 10.2 Å². The summed E-state index contributed by atoms with van der Waals surface area (Å²) in [5.74, 6) is 0. The first-order valence-corrected chi connectivity index (χ1v) is 8.82. The number of rotatable bonds is 6. The van der Waals surface area contributed by atoms with Gasteiger partial charge >= 0.3 is 0 Å². The van der Waals surface area contributed by atoms with Gasteiger partial charge in [-0.2, -0.15) is 10.2 Å². The van der Waals surface area contributed by atoms with Gasteiger partial charge in [-0.1, -0.05) is 54.6 Å². The van der Waals surface area contributed by atoms with Crippen molar-refractivity contribution in [1.82, 2.24) is 0 Å². The molecule has 3 aromatic carbocycles. The van der Waals surface area contributed by atoms with Crippen LogP contribution >= 0.6 is 0 Å². The van der Waals surface area contributed by atoms with Gasteiger partial charge in [0.15, 0.2) is 0 Å². The smallest absolute Gasteiger partial charge is 0.0975 e. The summed E-state index contributed by atoms with van der Waals surface area (Å²) in [4.78, 5) is 2.04. The van der Waals surface area contributed by atoms with E-state index >= 15 is 0 Å². The molecule has 0 aliphatic heterocycles. The van der Waals surface area contributed by atoms with E-state index in [1.54, 1.807) is 6.08 Å².